The molecule has 2 rings (SSSR count). The Bertz CT molecular complexity index is 888. The maximum Gasteiger partial charge on any atom is 0.333 e. The van der Waals surface area contributed by atoms with Gasteiger partial charge in [-0.3, -0.25) is 4.90 Å². The lowest BCUT2D eigenvalue weighted by atomic mass is 10.2. The average molecular weight is 470 g/mol. The summed E-state index contributed by atoms with van der Waals surface area (Å²) in [7, 11) is -9.83. The molecule has 0 bridgehead atoms. The van der Waals surface area contributed by atoms with Gasteiger partial charge in [0.25, 0.3) is 0 Å². The number of rotatable bonds is 9. The van der Waals surface area contributed by atoms with Gasteiger partial charge in [-0.1, -0.05) is 26.0 Å². The second-order valence-electron chi connectivity index (χ2n) is 7.04. The summed E-state index contributed by atoms with van der Waals surface area (Å²) >= 11 is 0. The highest BCUT2D eigenvalue weighted by Gasteiger charge is 2.65. The Morgan fingerprint density at radius 3 is 2.29 bits per heavy atom. The second-order valence-corrected chi connectivity index (χ2v) is 9.45. The highest BCUT2D eigenvalue weighted by Crippen LogP contribution is 3.02. The normalized spacial score (nSPS) is 19.1. The maximum absolute atomic E-state index is 12.9. The molecule has 12 heteroatoms. The zero-order valence-corrected chi connectivity index (χ0v) is 17.5. The van der Waals surface area contributed by atoms with E-state index in [1.54, 1.807) is 0 Å². The van der Waals surface area contributed by atoms with E-state index in [1.807, 2.05) is 0 Å². The number of carbonyl (C=O) groups excluding carboxylic acids is 2. The van der Waals surface area contributed by atoms with Gasteiger partial charge < -0.3 is 14.7 Å². The van der Waals surface area contributed by atoms with Gasteiger partial charge in [-0.05, 0) is 56.5 Å². The molecule has 31 heavy (non-hydrogen) atoms. The van der Waals surface area contributed by atoms with Crippen molar-refractivity contribution in [3.8, 4) is 0 Å². The summed E-state index contributed by atoms with van der Waals surface area (Å²) in [6.45, 7) is 5.41. The summed E-state index contributed by atoms with van der Waals surface area (Å²) in [4.78, 5) is 23.8. The van der Waals surface area contributed by atoms with E-state index in [0.29, 0.717) is 31.4 Å². The van der Waals surface area contributed by atoms with Crippen molar-refractivity contribution in [3.63, 3.8) is 0 Å². The van der Waals surface area contributed by atoms with Gasteiger partial charge in [0.15, 0.2) is 6.23 Å². The first-order valence-corrected chi connectivity index (χ1v) is 11.2. The Morgan fingerprint density at radius 2 is 1.74 bits per heavy atom. The number of halogens is 5. The number of anilines is 1. The summed E-state index contributed by atoms with van der Waals surface area (Å²) in [6, 6.07) is 1.07. The summed E-state index contributed by atoms with van der Waals surface area (Å²) in [6.07, 6.45) is 2.81. The SMILES string of the molecule is C=C(C)C(=O)OCCCCCN1C=CC(O)N(c2ccc(S(F)(F)(F)(F)F)cc2)C1=O. The fourth-order valence-corrected chi connectivity index (χ4v) is 3.38. The molecule has 1 N–H and O–H groups in total. The van der Waals surface area contributed by atoms with Gasteiger partial charge in [-0.2, -0.15) is 0 Å². The van der Waals surface area contributed by atoms with Crippen molar-refractivity contribution in [2.45, 2.75) is 37.3 Å². The van der Waals surface area contributed by atoms with Crippen LogP contribution < -0.4 is 4.90 Å². The Kier molecular flexibility index (Phi) is 6.49. The van der Waals surface area contributed by atoms with Crippen LogP contribution in [0.2, 0.25) is 0 Å². The fraction of sp³-hybridized carbons (Fsp3) is 0.368. The number of ether oxygens (including phenoxy) is 1. The van der Waals surface area contributed by atoms with Gasteiger partial charge in [-0.15, -0.1) is 0 Å². The van der Waals surface area contributed by atoms with E-state index < -0.39 is 33.3 Å². The Labute approximate surface area is 176 Å². The monoisotopic (exact) mass is 470 g/mol. The number of hydrogen-bond donors (Lipinski definition) is 1. The van der Waals surface area contributed by atoms with Crippen molar-refractivity contribution in [1.82, 2.24) is 4.90 Å². The molecule has 1 unspecified atom stereocenters. The third-order valence-electron chi connectivity index (χ3n) is 4.34. The minimum Gasteiger partial charge on any atom is -0.462 e. The van der Waals surface area contributed by atoms with Crippen LogP contribution in [0.1, 0.15) is 26.2 Å². The fourth-order valence-electron chi connectivity index (χ4n) is 2.73. The molecule has 1 aliphatic heterocycles. The molecule has 6 nitrogen and oxygen atoms in total. The largest absolute Gasteiger partial charge is 0.462 e. The van der Waals surface area contributed by atoms with Crippen molar-refractivity contribution in [1.29, 1.82) is 0 Å². The van der Waals surface area contributed by atoms with E-state index >= 15 is 0 Å². The average Bonchev–Trinajstić information content (AvgIpc) is 2.64. The van der Waals surface area contributed by atoms with Crippen LogP contribution in [0.4, 0.5) is 29.9 Å². The zero-order chi connectivity index (χ0) is 23.5. The van der Waals surface area contributed by atoms with Crippen LogP contribution in [0.25, 0.3) is 0 Å². The third kappa shape index (κ3) is 6.69. The third-order valence-corrected chi connectivity index (χ3v) is 5.50. The second kappa shape index (κ2) is 8.15. The Hall–Kier alpha value is -2.60. The number of nitrogens with zero attached hydrogens (tertiary/aromatic N) is 2. The maximum atomic E-state index is 12.9. The van der Waals surface area contributed by atoms with Crippen molar-refractivity contribution >= 4 is 27.9 Å². The molecule has 1 atom stereocenters. The number of aliphatic hydroxyl groups is 1. The molecular weight excluding hydrogens is 447 g/mol. The Morgan fingerprint density at radius 1 is 1.13 bits per heavy atom. The molecular formula is C19H23F5N2O4S. The van der Waals surface area contributed by atoms with Gasteiger partial charge in [0.2, 0.25) is 0 Å². The first-order chi connectivity index (χ1) is 14.1. The van der Waals surface area contributed by atoms with Crippen LogP contribution in [0, 0.1) is 0 Å². The molecule has 174 valence electrons. The smallest absolute Gasteiger partial charge is 0.333 e. The number of benzene rings is 1. The van der Waals surface area contributed by atoms with E-state index in [4.69, 9.17) is 4.74 Å². The number of aliphatic hydroxyl groups excluding tert-OH is 1. The van der Waals surface area contributed by atoms with Gasteiger partial charge in [0.1, 0.15) is 4.90 Å². The van der Waals surface area contributed by atoms with Crippen molar-refractivity contribution < 1.29 is 38.9 Å². The summed E-state index contributed by atoms with van der Waals surface area (Å²) in [5.41, 5.74) is 0.125. The lowest BCUT2D eigenvalue weighted by Crippen LogP contribution is -2.49. The van der Waals surface area contributed by atoms with Crippen LogP contribution >= 0.6 is 10.2 Å². The summed E-state index contributed by atoms with van der Waals surface area (Å²) in [5.74, 6) is -0.491. The lowest BCUT2D eigenvalue weighted by molar-refractivity contribution is -0.139. The quantitative estimate of drug-likeness (QED) is 0.217. The first kappa shape index (κ1) is 24.7. The standard InChI is InChI=1S/C19H23F5N2O4S/c1-14(2)18(28)30-13-5-3-4-11-25-12-10-17(27)26(19(25)29)15-6-8-16(9-7-15)31(20,21,22,23)24/h6-10,12,17,27H,1,3-5,11,13H2,2H3. The number of carbonyl (C=O) groups is 2. The number of esters is 1. The van der Waals surface area contributed by atoms with E-state index in [1.165, 1.54) is 24.1 Å². The molecule has 0 fully saturated rings. The van der Waals surface area contributed by atoms with Crippen LogP contribution in [0.5, 0.6) is 0 Å². The topological polar surface area (TPSA) is 70.1 Å². The molecule has 0 aliphatic carbocycles. The summed E-state index contributed by atoms with van der Waals surface area (Å²) < 4.78 is 69.3. The first-order valence-electron chi connectivity index (χ1n) is 9.23. The predicted molar refractivity (Wildman–Crippen MR) is 107 cm³/mol. The van der Waals surface area contributed by atoms with E-state index in [-0.39, 0.29) is 36.5 Å². The molecule has 1 aliphatic rings. The molecule has 0 radical (unpaired) electrons. The van der Waals surface area contributed by atoms with Crippen molar-refractivity contribution in [3.05, 3.63) is 48.7 Å². The van der Waals surface area contributed by atoms with E-state index in [9.17, 15) is 34.1 Å². The molecule has 0 saturated heterocycles. The van der Waals surface area contributed by atoms with Crippen LogP contribution in [-0.2, 0) is 9.53 Å². The predicted octanol–water partition coefficient (Wildman–Crippen LogP) is 5.71. The lowest BCUT2D eigenvalue weighted by Gasteiger charge is -2.41. The van der Waals surface area contributed by atoms with Crippen LogP contribution in [0.15, 0.2) is 53.6 Å². The van der Waals surface area contributed by atoms with Crippen molar-refractivity contribution in [2.75, 3.05) is 18.1 Å². The highest BCUT2D eigenvalue weighted by molar-refractivity contribution is 8.45. The number of hydrogen-bond acceptors (Lipinski definition) is 4. The number of unbranched alkanes of at least 4 members (excludes halogenated alkanes) is 2. The van der Waals surface area contributed by atoms with Gasteiger partial charge in [-0.25, -0.2) is 9.59 Å². The molecule has 0 spiro atoms. The minimum absolute atomic E-state index is 0.163. The van der Waals surface area contributed by atoms with E-state index in [2.05, 4.69) is 6.58 Å². The minimum atomic E-state index is -9.83. The highest BCUT2D eigenvalue weighted by atomic mass is 32.5. The molecule has 2 amide bonds. The summed E-state index contributed by atoms with van der Waals surface area (Å²) in [5, 5.41) is 10.1. The van der Waals surface area contributed by atoms with Crippen LogP contribution in [-0.4, -0.2) is 41.4 Å². The molecule has 0 aromatic heterocycles. The van der Waals surface area contributed by atoms with Crippen molar-refractivity contribution in [2.24, 2.45) is 0 Å². The van der Waals surface area contributed by atoms with Crippen LogP contribution in [0.3, 0.4) is 0 Å². The van der Waals surface area contributed by atoms with E-state index in [0.717, 1.165) is 4.90 Å². The molecule has 0 saturated carbocycles. The zero-order valence-electron chi connectivity index (χ0n) is 16.6. The van der Waals surface area contributed by atoms with Gasteiger partial charge in [0, 0.05) is 24.0 Å². The van der Waals surface area contributed by atoms with Gasteiger partial charge >= 0.3 is 22.2 Å². The number of amides is 2. The Balaban J connectivity index is 1.97. The molecule has 1 heterocycles. The molecule has 1 aromatic rings. The van der Waals surface area contributed by atoms with Gasteiger partial charge in [0.05, 0.1) is 6.61 Å². The number of urea groups is 1. The molecule has 1 aromatic carbocycles.